The van der Waals surface area contributed by atoms with Crippen LogP contribution < -0.4 is 0 Å². The molecule has 6 nitrogen and oxygen atoms in total. The van der Waals surface area contributed by atoms with Gasteiger partial charge >= 0.3 is 17.9 Å². The Morgan fingerprint density at radius 1 is 0.263 bits per heavy atom. The van der Waals surface area contributed by atoms with Crippen LogP contribution in [0.3, 0.4) is 0 Å². The van der Waals surface area contributed by atoms with E-state index in [0.29, 0.717) is 19.3 Å². The SMILES string of the molecule is CC/C=C\C/C=C\C/C=C\C/C=C\C/C=C\C/C=C\C/C=C\C/C=C\CCCCCCC(=O)OCC(COC(=O)CCCCCCC/C=C\CCCCCCCC)OC(=O)CCCCCCCCC/C=C\C/C=C\CCCCCC. The Labute approximate surface area is 494 Å². The lowest BCUT2D eigenvalue weighted by molar-refractivity contribution is -0.167. The first-order valence-electron chi connectivity index (χ1n) is 33.2. The topological polar surface area (TPSA) is 78.9 Å². The Morgan fingerprint density at radius 2 is 0.487 bits per heavy atom. The molecule has 454 valence electrons. The number of hydrogen-bond donors (Lipinski definition) is 0. The van der Waals surface area contributed by atoms with Gasteiger partial charge < -0.3 is 14.2 Å². The molecule has 0 heterocycles. The highest BCUT2D eigenvalue weighted by Crippen LogP contribution is 2.15. The van der Waals surface area contributed by atoms with Gasteiger partial charge in [0, 0.05) is 19.3 Å². The number of allylic oxidation sites excluding steroid dienone is 22. The van der Waals surface area contributed by atoms with Gasteiger partial charge in [0.2, 0.25) is 0 Å². The molecule has 0 amide bonds. The van der Waals surface area contributed by atoms with Gasteiger partial charge in [-0.2, -0.15) is 0 Å². The fraction of sp³-hybridized carbons (Fsp3) is 0.662. The maximum Gasteiger partial charge on any atom is 0.306 e. The summed E-state index contributed by atoms with van der Waals surface area (Å²) in [5.41, 5.74) is 0. The molecule has 0 N–H and O–H groups in total. The van der Waals surface area contributed by atoms with Crippen LogP contribution in [0.5, 0.6) is 0 Å². The highest BCUT2D eigenvalue weighted by molar-refractivity contribution is 5.71. The predicted molar refractivity (Wildman–Crippen MR) is 348 cm³/mol. The molecule has 0 radical (unpaired) electrons. The molecule has 0 saturated heterocycles. The zero-order chi connectivity index (χ0) is 57.8. The number of esters is 3. The van der Waals surface area contributed by atoms with Crippen molar-refractivity contribution in [2.45, 2.75) is 303 Å². The Hall–Kier alpha value is -4.45. The predicted octanol–water partition coefficient (Wildman–Crippen LogP) is 22.9. The fourth-order valence-electron chi connectivity index (χ4n) is 8.89. The summed E-state index contributed by atoms with van der Waals surface area (Å²) in [6.45, 7) is 6.48. The molecule has 1 atom stereocenters. The summed E-state index contributed by atoms with van der Waals surface area (Å²) in [6, 6.07) is 0. The lowest BCUT2D eigenvalue weighted by Gasteiger charge is -2.18. The van der Waals surface area contributed by atoms with Crippen LogP contribution in [0.25, 0.3) is 0 Å². The zero-order valence-corrected chi connectivity index (χ0v) is 52.0. The number of hydrogen-bond acceptors (Lipinski definition) is 6. The number of carbonyl (C=O) groups excluding carboxylic acids is 3. The van der Waals surface area contributed by atoms with Crippen molar-refractivity contribution in [2.75, 3.05) is 13.2 Å². The first kappa shape index (κ1) is 75.5. The van der Waals surface area contributed by atoms with Crippen molar-refractivity contribution in [1.82, 2.24) is 0 Å². The maximum atomic E-state index is 12.9. The molecule has 0 saturated carbocycles. The Kier molecular flexibility index (Phi) is 63.3. The molecule has 0 aromatic rings. The standard InChI is InChI=1S/C74H122O6/c1-4-7-10-13-16-19-22-25-28-30-32-33-34-35-36-37-38-39-40-41-42-44-46-49-52-55-58-61-64-67-73(76)79-70-71(69-78-72(75)66-63-60-57-54-51-48-45-27-24-21-18-15-12-9-6-3)80-74(77)68-65-62-59-56-53-50-47-43-31-29-26-23-20-17-14-11-8-5-2/h7,10,16,19-20,23,25,27-29,31-33,35-36,38-39,41-42,45-46,49,71H,4-6,8-9,11-15,17-18,21-22,24,26,30,34,37,40,43-44,47-48,50-70H2,1-3H3/b10-7-,19-16-,23-20-,28-25-,31-29-,33-32-,36-35-,39-38-,42-41-,45-27-,49-46-. The molecule has 0 fully saturated rings. The average molecular weight is 1110 g/mol. The van der Waals surface area contributed by atoms with Crippen LogP contribution in [-0.4, -0.2) is 37.2 Å². The molecule has 0 rings (SSSR count). The van der Waals surface area contributed by atoms with Crippen molar-refractivity contribution in [1.29, 1.82) is 0 Å². The van der Waals surface area contributed by atoms with Crippen molar-refractivity contribution in [3.63, 3.8) is 0 Å². The second-order valence-corrected chi connectivity index (χ2v) is 21.6. The van der Waals surface area contributed by atoms with E-state index in [4.69, 9.17) is 14.2 Å². The first-order chi connectivity index (χ1) is 39.5. The molecule has 0 aromatic heterocycles. The van der Waals surface area contributed by atoms with E-state index in [1.807, 2.05) is 0 Å². The summed E-state index contributed by atoms with van der Waals surface area (Å²) in [7, 11) is 0. The van der Waals surface area contributed by atoms with Crippen molar-refractivity contribution < 1.29 is 28.6 Å². The summed E-state index contributed by atoms with van der Waals surface area (Å²) in [4.78, 5) is 38.4. The third-order valence-electron chi connectivity index (χ3n) is 13.9. The van der Waals surface area contributed by atoms with Crippen LogP contribution in [-0.2, 0) is 28.6 Å². The Morgan fingerprint density at radius 3 is 0.787 bits per heavy atom. The van der Waals surface area contributed by atoms with Crippen LogP contribution >= 0.6 is 0 Å². The van der Waals surface area contributed by atoms with Crippen molar-refractivity contribution in [3.05, 3.63) is 134 Å². The number of ether oxygens (including phenoxy) is 3. The van der Waals surface area contributed by atoms with Crippen LogP contribution in [0.2, 0.25) is 0 Å². The lowest BCUT2D eigenvalue weighted by atomic mass is 10.1. The van der Waals surface area contributed by atoms with E-state index < -0.39 is 6.10 Å². The average Bonchev–Trinajstić information content (AvgIpc) is 3.46. The molecule has 80 heavy (non-hydrogen) atoms. The normalized spacial score (nSPS) is 13.0. The van der Waals surface area contributed by atoms with Gasteiger partial charge in [-0.05, 0) is 141 Å². The molecule has 0 aliphatic heterocycles. The zero-order valence-electron chi connectivity index (χ0n) is 52.0. The summed E-state index contributed by atoms with van der Waals surface area (Å²) >= 11 is 0. The van der Waals surface area contributed by atoms with E-state index in [0.717, 1.165) is 141 Å². The maximum absolute atomic E-state index is 12.9. The molecule has 0 aliphatic rings. The van der Waals surface area contributed by atoms with E-state index >= 15 is 0 Å². The summed E-state index contributed by atoms with van der Waals surface area (Å²) in [6.07, 6.45) is 94.5. The van der Waals surface area contributed by atoms with Crippen LogP contribution in [0.4, 0.5) is 0 Å². The number of carbonyl (C=O) groups is 3. The van der Waals surface area contributed by atoms with Crippen molar-refractivity contribution in [2.24, 2.45) is 0 Å². The van der Waals surface area contributed by atoms with Crippen LogP contribution in [0.15, 0.2) is 134 Å². The van der Waals surface area contributed by atoms with Crippen LogP contribution in [0, 0.1) is 0 Å². The second-order valence-electron chi connectivity index (χ2n) is 21.6. The van der Waals surface area contributed by atoms with Gasteiger partial charge in [-0.3, -0.25) is 14.4 Å². The highest BCUT2D eigenvalue weighted by Gasteiger charge is 2.19. The molecular weight excluding hydrogens is 985 g/mol. The summed E-state index contributed by atoms with van der Waals surface area (Å²) < 4.78 is 16.9. The molecule has 0 bridgehead atoms. The van der Waals surface area contributed by atoms with E-state index in [-0.39, 0.29) is 31.1 Å². The minimum Gasteiger partial charge on any atom is -0.462 e. The minimum atomic E-state index is -0.802. The van der Waals surface area contributed by atoms with Crippen LogP contribution in [0.1, 0.15) is 297 Å². The Balaban J connectivity index is 4.43. The first-order valence-corrected chi connectivity index (χ1v) is 33.2. The summed E-state index contributed by atoms with van der Waals surface area (Å²) in [5.74, 6) is -0.934. The third kappa shape index (κ3) is 64.4. The Bertz CT molecular complexity index is 1700. The molecule has 0 aromatic carbocycles. The quantitative estimate of drug-likeness (QED) is 0.0261. The monoisotopic (exact) mass is 1110 g/mol. The molecule has 0 aliphatic carbocycles. The van der Waals surface area contributed by atoms with Gasteiger partial charge in [-0.15, -0.1) is 0 Å². The fourth-order valence-corrected chi connectivity index (χ4v) is 8.89. The van der Waals surface area contributed by atoms with E-state index in [1.54, 1.807) is 0 Å². The van der Waals surface area contributed by atoms with E-state index in [9.17, 15) is 14.4 Å². The summed E-state index contributed by atoms with van der Waals surface area (Å²) in [5, 5.41) is 0. The van der Waals surface area contributed by atoms with Crippen molar-refractivity contribution >= 4 is 17.9 Å². The molecular formula is C74H122O6. The molecule has 1 unspecified atom stereocenters. The van der Waals surface area contributed by atoms with Gasteiger partial charge in [0.1, 0.15) is 13.2 Å². The van der Waals surface area contributed by atoms with Gasteiger partial charge in [0.15, 0.2) is 6.10 Å². The van der Waals surface area contributed by atoms with E-state index in [2.05, 4.69) is 154 Å². The smallest absolute Gasteiger partial charge is 0.306 e. The third-order valence-corrected chi connectivity index (χ3v) is 13.9. The van der Waals surface area contributed by atoms with Gasteiger partial charge in [-0.25, -0.2) is 0 Å². The van der Waals surface area contributed by atoms with Crippen molar-refractivity contribution in [3.8, 4) is 0 Å². The lowest BCUT2D eigenvalue weighted by Crippen LogP contribution is -2.30. The molecule has 0 spiro atoms. The molecule has 6 heteroatoms. The minimum absolute atomic E-state index is 0.0965. The van der Waals surface area contributed by atoms with E-state index in [1.165, 1.54) is 116 Å². The highest BCUT2D eigenvalue weighted by atomic mass is 16.6. The van der Waals surface area contributed by atoms with Gasteiger partial charge in [-0.1, -0.05) is 270 Å². The second kappa shape index (κ2) is 67.1. The van der Waals surface area contributed by atoms with Gasteiger partial charge in [0.05, 0.1) is 0 Å². The number of rotatable bonds is 59. The largest absolute Gasteiger partial charge is 0.462 e. The van der Waals surface area contributed by atoms with Gasteiger partial charge in [0.25, 0.3) is 0 Å². The number of unbranched alkanes of at least 4 members (excludes halogenated alkanes) is 26.